The van der Waals surface area contributed by atoms with Crippen molar-refractivity contribution >= 4 is 147 Å². The zero-order chi connectivity index (χ0) is 94.7. The van der Waals surface area contributed by atoms with Gasteiger partial charge in [-0.05, 0) is 255 Å². The van der Waals surface area contributed by atoms with E-state index in [9.17, 15) is 0 Å². The van der Waals surface area contributed by atoms with Gasteiger partial charge in [0.2, 0.25) is 0 Å². The fraction of sp³-hybridized carbons (Fsp3) is 0. The summed E-state index contributed by atoms with van der Waals surface area (Å²) in [6.07, 6.45) is 0. The Kier molecular flexibility index (Phi) is 22.1. The fourth-order valence-corrected chi connectivity index (χ4v) is 22.6. The normalized spacial score (nSPS) is 11.6. The van der Waals surface area contributed by atoms with Crippen molar-refractivity contribution in [3.05, 3.63) is 519 Å². The first-order chi connectivity index (χ1) is 70.7. The molecule has 6 heterocycles. The summed E-state index contributed by atoms with van der Waals surface area (Å²) < 4.78 is 9.18. The Hall–Kier alpha value is -17.1. The van der Waals surface area contributed by atoms with E-state index in [0.717, 1.165) is 258 Å². The van der Waals surface area contributed by atoms with E-state index in [1.54, 1.807) is 0 Å². The number of halogens is 2. The van der Waals surface area contributed by atoms with Gasteiger partial charge in [-0.15, -0.1) is 70.8 Å². The van der Waals surface area contributed by atoms with Gasteiger partial charge in [0.15, 0.2) is 0 Å². The molecule has 6 nitrogen and oxygen atoms in total. The van der Waals surface area contributed by atoms with Crippen molar-refractivity contribution in [3.63, 3.8) is 0 Å². The molecule has 22 aromatic carbocycles. The number of imidazole rings is 3. The van der Waals surface area contributed by atoms with Gasteiger partial charge < -0.3 is 13.2 Å². The molecule has 0 amide bonds. The van der Waals surface area contributed by atoms with Crippen molar-refractivity contribution in [1.82, 2.24) is 28.2 Å². The van der Waals surface area contributed by atoms with Crippen LogP contribution in [-0.4, -0.2) is 28.2 Å². The molecule has 28 aromatic rings. The Labute approximate surface area is 862 Å². The molecule has 0 saturated carbocycles. The van der Waals surface area contributed by atoms with Gasteiger partial charge >= 0.3 is 20.1 Å². The first-order valence-electron chi connectivity index (χ1n) is 48.3. The monoisotopic (exact) mass is 2140 g/mol. The maximum atomic E-state index is 5.45. The summed E-state index contributed by atoms with van der Waals surface area (Å²) in [7, 11) is 0. The maximum absolute atomic E-state index is 5.45. The van der Waals surface area contributed by atoms with Crippen LogP contribution >= 0.6 is 31.9 Å². The third-order valence-electron chi connectivity index (χ3n) is 28.5. The van der Waals surface area contributed by atoms with Gasteiger partial charge in [-0.2, -0.15) is 0 Å². The van der Waals surface area contributed by atoms with Crippen molar-refractivity contribution in [1.29, 1.82) is 0 Å². The van der Waals surface area contributed by atoms with Crippen molar-refractivity contribution in [2.24, 2.45) is 0 Å². The van der Waals surface area contributed by atoms with Crippen molar-refractivity contribution in [2.75, 3.05) is 0 Å². The summed E-state index contributed by atoms with van der Waals surface area (Å²) in [5, 5.41) is 9.39. The fourth-order valence-electron chi connectivity index (χ4n) is 21.9. The van der Waals surface area contributed by atoms with Crippen LogP contribution in [-0.2, 0) is 20.1 Å². The number of hydrogen-bond acceptors (Lipinski definition) is 3. The van der Waals surface area contributed by atoms with Crippen LogP contribution in [0, 0.1) is 18.2 Å². The van der Waals surface area contributed by atoms with Gasteiger partial charge in [-0.25, -0.2) is 0 Å². The largest absolute Gasteiger partial charge is 3.00 e. The average Bonchev–Trinajstić information content (AvgIpc) is 1.52. The van der Waals surface area contributed by atoms with Crippen LogP contribution in [0.25, 0.3) is 271 Å². The molecule has 0 atom stereocenters. The minimum atomic E-state index is 0. The standard InChI is InChI=1S/C117H69N6.C18H12Br2.Ir/c1-7-31-73(32-8-1)94-67-103-100-64-79(55-58-91(100)115-118-106-49-25-28-52-109(106)121(115)112(103)70-97(94)76-37-13-4-14-38-76)85-43-19-22-46-88(85)82-61-83(89-47-23-20-44-86(89)80-56-59-92-101(65-80)104-68-95(74-33-9-2-10-34-74)98(77-39-15-5-16-40-77)71-113(104)122-110-53-29-26-50-107(110)119-116(92)122)63-84(62-82)90-48-24-21-45-87(90)81-57-60-93-102(66-81)105-69-96(75-35-11-3-12-36-75)99(78-41-17-6-18-42-78)72-114(105)123-111-54-30-27-51-108(111)120-117(93)123;19-17-11-15(13-7-3-1-4-8-13)16(12-18(17)20)14-9-5-2-6-10-14;/h1-57,61-72H;1-12H;/q-3;;+3. The predicted molar refractivity (Wildman–Crippen MR) is 605 cm³/mol. The quantitative estimate of drug-likeness (QED) is 0.0805. The van der Waals surface area contributed by atoms with Crippen molar-refractivity contribution in [3.8, 4) is 156 Å². The molecule has 0 aliphatic rings. The van der Waals surface area contributed by atoms with E-state index in [-0.39, 0.29) is 20.1 Å². The van der Waals surface area contributed by atoms with Crippen LogP contribution in [0.4, 0.5) is 0 Å². The second kappa shape index (κ2) is 36.5. The second-order valence-electron chi connectivity index (χ2n) is 36.7. The number of benzene rings is 22. The molecule has 28 rings (SSSR count). The summed E-state index contributed by atoms with van der Waals surface area (Å²) in [5.74, 6) is 0. The number of fused-ring (bicyclic) bond motifs is 24. The van der Waals surface area contributed by atoms with Gasteiger partial charge in [0, 0.05) is 25.5 Å². The Morgan fingerprint density at radius 2 is 0.354 bits per heavy atom. The van der Waals surface area contributed by atoms with Crippen LogP contribution in [0.1, 0.15) is 0 Å². The first kappa shape index (κ1) is 87.1. The zero-order valence-electron chi connectivity index (χ0n) is 77.5. The minimum Gasteiger partial charge on any atom is -0.333 e. The summed E-state index contributed by atoms with van der Waals surface area (Å²) in [6, 6.07) is 190. The minimum absolute atomic E-state index is 0. The van der Waals surface area contributed by atoms with Gasteiger partial charge in [-0.3, -0.25) is 15.0 Å². The molecular weight excluding hydrogens is 2060 g/mol. The Morgan fingerprint density at radius 3 is 0.590 bits per heavy atom. The van der Waals surface area contributed by atoms with E-state index in [1.807, 2.05) is 12.1 Å². The Balaban J connectivity index is 0.000000449. The molecule has 0 aliphatic heterocycles. The van der Waals surface area contributed by atoms with Gasteiger partial charge in [-0.1, -0.05) is 420 Å². The SMILES string of the molecule is Brc1cc(-c2ccccc2)c(-c2ccccc2)cc1Br.[Ir+3].[c-]1cc(-c2ccccc2-c2cc(-c3ccccc3-c3c[c-]c4c(c3)c3cc(-c5ccccc5)c(-c5ccccc5)cc3n3c5ccccc5nc43)cc(-c3ccccc3-c3c[c-]c4c(c3)c3cc(-c5ccccc5)c(-c5ccccc5)cc3n3c5ccccc5nc43)c2)cc2c1c1nc3ccccc3n1c1cc(-c3ccccc3)c(-c3ccccc3)cc21. The zero-order valence-corrected chi connectivity index (χ0v) is 83.1. The van der Waals surface area contributed by atoms with Gasteiger partial charge in [0.1, 0.15) is 0 Å². The summed E-state index contributed by atoms with van der Waals surface area (Å²) in [6.45, 7) is 0. The third-order valence-corrected chi connectivity index (χ3v) is 30.3. The van der Waals surface area contributed by atoms with Crippen LogP contribution in [0.5, 0.6) is 0 Å². The molecule has 9 heteroatoms. The van der Waals surface area contributed by atoms with E-state index < -0.39 is 0 Å². The molecule has 0 N–H and O–H groups in total. The smallest absolute Gasteiger partial charge is 0.333 e. The predicted octanol–water partition coefficient (Wildman–Crippen LogP) is 37.0. The van der Waals surface area contributed by atoms with Crippen LogP contribution < -0.4 is 0 Å². The summed E-state index contributed by atoms with van der Waals surface area (Å²) >= 11 is 7.21. The third kappa shape index (κ3) is 15.1. The molecular formula is C135H81Br2IrN6. The molecule has 0 saturated heterocycles. The van der Waals surface area contributed by atoms with Gasteiger partial charge in [0.25, 0.3) is 0 Å². The molecule has 0 radical (unpaired) electrons. The van der Waals surface area contributed by atoms with Crippen molar-refractivity contribution < 1.29 is 20.1 Å². The molecule has 6 aromatic heterocycles. The number of pyridine rings is 3. The average molecular weight is 2140 g/mol. The van der Waals surface area contributed by atoms with Crippen LogP contribution in [0.3, 0.4) is 0 Å². The number of hydrogen-bond donors (Lipinski definition) is 0. The second-order valence-corrected chi connectivity index (χ2v) is 38.4. The number of aromatic nitrogens is 6. The topological polar surface area (TPSA) is 51.9 Å². The summed E-state index contributed by atoms with van der Waals surface area (Å²) in [4.78, 5) is 16.4. The molecule has 674 valence electrons. The Morgan fingerprint density at radius 1 is 0.160 bits per heavy atom. The molecule has 0 unspecified atom stereocenters. The Bertz CT molecular complexity index is 9090. The molecule has 0 spiro atoms. The number of nitrogens with zero attached hydrogens (tertiary/aromatic N) is 6. The van der Waals surface area contributed by atoms with E-state index in [1.165, 1.54) is 22.3 Å². The van der Waals surface area contributed by atoms with E-state index in [2.05, 4.69) is 543 Å². The summed E-state index contributed by atoms with van der Waals surface area (Å²) in [5.41, 5.74) is 43.1. The van der Waals surface area contributed by atoms with E-state index in [0.29, 0.717) is 0 Å². The van der Waals surface area contributed by atoms with Crippen LogP contribution in [0.15, 0.2) is 500 Å². The molecule has 0 bridgehead atoms. The number of para-hydroxylation sites is 6. The first-order valence-corrected chi connectivity index (χ1v) is 49.9. The van der Waals surface area contributed by atoms with E-state index in [4.69, 9.17) is 15.0 Å². The van der Waals surface area contributed by atoms with Gasteiger partial charge in [0.05, 0.1) is 50.0 Å². The molecule has 0 aliphatic carbocycles. The molecule has 144 heavy (non-hydrogen) atoms. The van der Waals surface area contributed by atoms with Crippen LogP contribution in [0.2, 0.25) is 0 Å². The van der Waals surface area contributed by atoms with E-state index >= 15 is 0 Å². The molecule has 0 fully saturated rings. The van der Waals surface area contributed by atoms with Crippen molar-refractivity contribution in [2.45, 2.75) is 0 Å². The number of rotatable bonds is 14. The maximum Gasteiger partial charge on any atom is 3.00 e.